The molecule has 2 aliphatic heterocycles. The zero-order valence-corrected chi connectivity index (χ0v) is 11.1. The highest BCUT2D eigenvalue weighted by Crippen LogP contribution is 2.38. The smallest absolute Gasteiger partial charge is 0.206 e. The molecule has 6 nitrogen and oxygen atoms in total. The van der Waals surface area contributed by atoms with Crippen LogP contribution in [-0.2, 0) is 0 Å². The number of carbonyl (C=O) groups is 1. The van der Waals surface area contributed by atoms with Crippen LogP contribution in [0.4, 0.5) is 11.4 Å². The Bertz CT molecular complexity index is 759. The van der Waals surface area contributed by atoms with Crippen LogP contribution in [0.25, 0.3) is 0 Å². The van der Waals surface area contributed by atoms with Gasteiger partial charge in [0.1, 0.15) is 5.84 Å². The summed E-state index contributed by atoms with van der Waals surface area (Å²) in [5.41, 5.74) is 0.125. The Kier molecular flexibility index (Phi) is 2.43. The monoisotopic (exact) mass is 280 g/mol. The molecule has 1 aromatic carbocycles. The Labute approximate surface area is 120 Å². The molecule has 2 aliphatic rings. The number of amidine groups is 1. The van der Waals surface area contributed by atoms with E-state index in [0.717, 1.165) is 5.69 Å². The fraction of sp³-hybridized carbons (Fsp3) is 0.200. The van der Waals surface area contributed by atoms with Gasteiger partial charge in [-0.15, -0.1) is 0 Å². The van der Waals surface area contributed by atoms with E-state index in [2.05, 4.69) is 15.2 Å². The van der Waals surface area contributed by atoms with E-state index in [4.69, 9.17) is 0 Å². The van der Waals surface area contributed by atoms with E-state index in [1.165, 1.54) is 12.4 Å². The van der Waals surface area contributed by atoms with Crippen molar-refractivity contribution in [3.8, 4) is 0 Å². The standard InChI is InChI=1S/C15H12N4O2/c20-13-11-8-16-17-9-12(11)18-14-15(13,21)6-7-19(14)10-4-2-1-3-5-10/h1-5,8-9,21H,6-7H2. The highest BCUT2D eigenvalue weighted by molar-refractivity contribution is 6.28. The number of hydrogen-bond donors (Lipinski definition) is 1. The molecule has 0 saturated carbocycles. The van der Waals surface area contributed by atoms with Crippen molar-refractivity contribution in [2.45, 2.75) is 12.0 Å². The van der Waals surface area contributed by atoms with Crippen molar-refractivity contribution >= 4 is 23.0 Å². The van der Waals surface area contributed by atoms with Gasteiger partial charge in [-0.05, 0) is 12.1 Å². The van der Waals surface area contributed by atoms with Gasteiger partial charge in [-0.2, -0.15) is 10.2 Å². The fourth-order valence-corrected chi connectivity index (χ4v) is 2.86. The van der Waals surface area contributed by atoms with Crippen molar-refractivity contribution in [3.05, 3.63) is 48.3 Å². The lowest BCUT2D eigenvalue weighted by atomic mass is 9.89. The summed E-state index contributed by atoms with van der Waals surface area (Å²) < 4.78 is 0. The van der Waals surface area contributed by atoms with Crippen molar-refractivity contribution in [2.24, 2.45) is 4.99 Å². The maximum Gasteiger partial charge on any atom is 0.206 e. The normalized spacial score (nSPS) is 23.6. The number of ketones is 1. The molecule has 3 heterocycles. The van der Waals surface area contributed by atoms with Gasteiger partial charge in [0.05, 0.1) is 23.6 Å². The molecule has 1 atom stereocenters. The minimum atomic E-state index is -1.56. The van der Waals surface area contributed by atoms with Crippen LogP contribution in [0.3, 0.4) is 0 Å². The van der Waals surface area contributed by atoms with Crippen LogP contribution < -0.4 is 4.90 Å². The zero-order valence-electron chi connectivity index (χ0n) is 11.1. The minimum absolute atomic E-state index is 0.321. The van der Waals surface area contributed by atoms with E-state index >= 15 is 0 Å². The molecular weight excluding hydrogens is 268 g/mol. The molecular formula is C15H12N4O2. The van der Waals surface area contributed by atoms with Gasteiger partial charge in [0.2, 0.25) is 5.78 Å². The number of nitrogens with zero attached hydrogens (tertiary/aromatic N) is 4. The number of aliphatic hydroxyl groups is 1. The number of rotatable bonds is 1. The van der Waals surface area contributed by atoms with Crippen LogP contribution >= 0.6 is 0 Å². The first-order valence-electron chi connectivity index (χ1n) is 6.70. The minimum Gasteiger partial charge on any atom is -0.374 e. The molecule has 104 valence electrons. The molecule has 0 radical (unpaired) electrons. The van der Waals surface area contributed by atoms with Gasteiger partial charge in [0.25, 0.3) is 0 Å². The average Bonchev–Trinajstić information content (AvgIpc) is 2.87. The number of para-hydroxylation sites is 1. The van der Waals surface area contributed by atoms with Crippen molar-refractivity contribution in [1.82, 2.24) is 10.2 Å². The SMILES string of the molecule is O=C1c2cnncc2N=C2N(c3ccccc3)CCC12O. The quantitative estimate of drug-likeness (QED) is 0.853. The maximum atomic E-state index is 12.6. The number of carbonyl (C=O) groups excluding carboxylic acids is 1. The van der Waals surface area contributed by atoms with E-state index in [1.807, 2.05) is 35.2 Å². The van der Waals surface area contributed by atoms with Gasteiger partial charge >= 0.3 is 0 Å². The van der Waals surface area contributed by atoms with E-state index in [-0.39, 0.29) is 5.78 Å². The summed E-state index contributed by atoms with van der Waals surface area (Å²) in [5, 5.41) is 18.3. The van der Waals surface area contributed by atoms with Crippen LogP contribution in [0.15, 0.2) is 47.7 Å². The van der Waals surface area contributed by atoms with Gasteiger partial charge in [-0.1, -0.05) is 18.2 Å². The molecule has 1 N–H and O–H groups in total. The van der Waals surface area contributed by atoms with Crippen molar-refractivity contribution in [2.75, 3.05) is 11.4 Å². The van der Waals surface area contributed by atoms with Gasteiger partial charge < -0.3 is 10.0 Å². The highest BCUT2D eigenvalue weighted by Gasteiger charge is 2.52. The molecule has 4 rings (SSSR count). The summed E-state index contributed by atoms with van der Waals surface area (Å²) in [5.74, 6) is 0.0232. The Morgan fingerprint density at radius 1 is 1.14 bits per heavy atom. The van der Waals surface area contributed by atoms with Crippen LogP contribution in [-0.4, -0.2) is 39.1 Å². The third kappa shape index (κ3) is 1.62. The van der Waals surface area contributed by atoms with Crippen molar-refractivity contribution in [1.29, 1.82) is 0 Å². The highest BCUT2D eigenvalue weighted by atomic mass is 16.3. The lowest BCUT2D eigenvalue weighted by Gasteiger charge is -2.29. The first-order chi connectivity index (χ1) is 10.2. The largest absolute Gasteiger partial charge is 0.374 e. The summed E-state index contributed by atoms with van der Waals surface area (Å²) in [6.07, 6.45) is 3.13. The number of fused-ring (bicyclic) bond motifs is 2. The van der Waals surface area contributed by atoms with Gasteiger partial charge in [-0.3, -0.25) is 4.79 Å². The molecule has 0 spiro atoms. The third-order valence-electron chi connectivity index (χ3n) is 3.95. The van der Waals surface area contributed by atoms with Gasteiger partial charge in [0.15, 0.2) is 5.60 Å². The summed E-state index contributed by atoms with van der Waals surface area (Å²) in [7, 11) is 0. The van der Waals surface area contributed by atoms with Gasteiger partial charge in [0, 0.05) is 18.7 Å². The predicted octanol–water partition coefficient (Wildman–Crippen LogP) is 1.34. The Balaban J connectivity index is 1.88. The number of benzene rings is 1. The number of aromatic nitrogens is 2. The summed E-state index contributed by atoms with van der Waals surface area (Å²) in [4.78, 5) is 18.9. The van der Waals surface area contributed by atoms with Crippen molar-refractivity contribution < 1.29 is 9.90 Å². The Hall–Kier alpha value is -2.60. The van der Waals surface area contributed by atoms with E-state index < -0.39 is 5.60 Å². The maximum absolute atomic E-state index is 12.6. The number of aliphatic imine (C=N–C) groups is 1. The molecule has 1 unspecified atom stereocenters. The average molecular weight is 280 g/mol. The fourth-order valence-electron chi connectivity index (χ4n) is 2.86. The van der Waals surface area contributed by atoms with E-state index in [1.54, 1.807) is 0 Å². The van der Waals surface area contributed by atoms with Crippen LogP contribution in [0.5, 0.6) is 0 Å². The molecule has 1 saturated heterocycles. The van der Waals surface area contributed by atoms with Crippen LogP contribution in [0.1, 0.15) is 16.8 Å². The first-order valence-corrected chi connectivity index (χ1v) is 6.70. The summed E-state index contributed by atoms with van der Waals surface area (Å²) in [6.45, 7) is 0.542. The van der Waals surface area contributed by atoms with Crippen LogP contribution in [0, 0.1) is 0 Å². The van der Waals surface area contributed by atoms with Crippen LogP contribution in [0.2, 0.25) is 0 Å². The second-order valence-electron chi connectivity index (χ2n) is 5.15. The number of hydrogen-bond acceptors (Lipinski definition) is 6. The molecule has 1 aromatic heterocycles. The Morgan fingerprint density at radius 2 is 1.90 bits per heavy atom. The second-order valence-corrected chi connectivity index (χ2v) is 5.15. The molecule has 0 aliphatic carbocycles. The second kappa shape index (κ2) is 4.20. The van der Waals surface area contributed by atoms with Gasteiger partial charge in [-0.25, -0.2) is 4.99 Å². The number of anilines is 1. The Morgan fingerprint density at radius 3 is 2.71 bits per heavy atom. The lowest BCUT2D eigenvalue weighted by molar-refractivity contribution is 0.0601. The summed E-state index contributed by atoms with van der Waals surface area (Å²) in [6, 6.07) is 9.61. The zero-order chi connectivity index (χ0) is 14.4. The molecule has 0 bridgehead atoms. The topological polar surface area (TPSA) is 78.7 Å². The van der Waals surface area contributed by atoms with E-state index in [0.29, 0.717) is 30.1 Å². The summed E-state index contributed by atoms with van der Waals surface area (Å²) >= 11 is 0. The molecule has 21 heavy (non-hydrogen) atoms. The predicted molar refractivity (Wildman–Crippen MR) is 76.8 cm³/mol. The van der Waals surface area contributed by atoms with Crippen molar-refractivity contribution in [3.63, 3.8) is 0 Å². The molecule has 0 amide bonds. The molecule has 6 heteroatoms. The van der Waals surface area contributed by atoms with E-state index in [9.17, 15) is 9.90 Å². The lowest BCUT2D eigenvalue weighted by Crippen LogP contribution is -2.48. The number of Topliss-reactive ketones (excluding diaryl/α,β-unsaturated/α-hetero) is 1. The first kappa shape index (κ1) is 12.2. The molecule has 1 fully saturated rings. The third-order valence-corrected chi connectivity index (χ3v) is 3.95. The molecule has 2 aromatic rings.